The molecule has 1 aliphatic heterocycles. The number of hydrogen-bond acceptors (Lipinski definition) is 2. The lowest BCUT2D eigenvalue weighted by molar-refractivity contribution is 0.115. The summed E-state index contributed by atoms with van der Waals surface area (Å²) < 4.78 is 0. The molecule has 0 atom stereocenters. The molecule has 2 nitrogen and oxygen atoms in total. The zero-order valence-electron chi connectivity index (χ0n) is 10.7. The first-order valence-electron chi connectivity index (χ1n) is 7.34. The largest absolute Gasteiger partial charge is 0.330 e. The lowest BCUT2D eigenvalue weighted by Gasteiger charge is -2.38. The molecule has 1 saturated heterocycles. The third-order valence-corrected chi connectivity index (χ3v) is 4.57. The van der Waals surface area contributed by atoms with Crippen molar-refractivity contribution in [1.82, 2.24) is 4.90 Å². The Morgan fingerprint density at radius 2 is 1.38 bits per heavy atom. The normalized spacial score (nSPS) is 27.6. The van der Waals surface area contributed by atoms with Crippen LogP contribution >= 0.6 is 0 Å². The Morgan fingerprint density at radius 3 is 1.94 bits per heavy atom. The molecule has 0 aromatic carbocycles. The number of piperidine rings is 1. The second-order valence-electron chi connectivity index (χ2n) is 5.71. The zero-order chi connectivity index (χ0) is 11.2. The average molecular weight is 224 g/mol. The monoisotopic (exact) mass is 224 g/mol. The van der Waals surface area contributed by atoms with Crippen molar-refractivity contribution in [2.45, 2.75) is 63.8 Å². The molecule has 1 heterocycles. The van der Waals surface area contributed by atoms with E-state index < -0.39 is 0 Å². The molecule has 0 aromatic rings. The molecule has 0 amide bonds. The van der Waals surface area contributed by atoms with Gasteiger partial charge in [-0.2, -0.15) is 0 Å². The van der Waals surface area contributed by atoms with Gasteiger partial charge in [0.15, 0.2) is 0 Å². The van der Waals surface area contributed by atoms with Crippen LogP contribution in [0.3, 0.4) is 0 Å². The zero-order valence-corrected chi connectivity index (χ0v) is 10.7. The number of nitrogens with two attached hydrogens (primary N) is 1. The van der Waals surface area contributed by atoms with Crippen molar-refractivity contribution in [1.29, 1.82) is 0 Å². The van der Waals surface area contributed by atoms with E-state index in [1.54, 1.807) is 0 Å². The molecule has 2 aliphatic rings. The third kappa shape index (κ3) is 3.46. The fourth-order valence-corrected chi connectivity index (χ4v) is 3.35. The van der Waals surface area contributed by atoms with E-state index in [4.69, 9.17) is 5.73 Å². The van der Waals surface area contributed by atoms with Gasteiger partial charge in [0.2, 0.25) is 0 Å². The van der Waals surface area contributed by atoms with Crippen LogP contribution in [0.2, 0.25) is 0 Å². The summed E-state index contributed by atoms with van der Waals surface area (Å²) in [6, 6.07) is 0.902. The standard InChI is InChI=1S/C14H28N2/c15-12-13-8-10-16(11-9-13)14-6-4-2-1-3-5-7-14/h13-14H,1-12,15H2. The predicted molar refractivity (Wildman–Crippen MR) is 69.5 cm³/mol. The molecule has 2 heteroatoms. The fraction of sp³-hybridized carbons (Fsp3) is 1.00. The summed E-state index contributed by atoms with van der Waals surface area (Å²) in [6.45, 7) is 3.53. The number of likely N-dealkylation sites (tertiary alicyclic amines) is 1. The van der Waals surface area contributed by atoms with Gasteiger partial charge in [0.05, 0.1) is 0 Å². The van der Waals surface area contributed by atoms with E-state index in [-0.39, 0.29) is 0 Å². The summed E-state index contributed by atoms with van der Waals surface area (Å²) in [7, 11) is 0. The van der Waals surface area contributed by atoms with Crippen molar-refractivity contribution in [3.05, 3.63) is 0 Å². The molecule has 2 N–H and O–H groups in total. The summed E-state index contributed by atoms with van der Waals surface area (Å²) in [6.07, 6.45) is 12.9. The summed E-state index contributed by atoms with van der Waals surface area (Å²) in [5.74, 6) is 0.810. The van der Waals surface area contributed by atoms with Gasteiger partial charge >= 0.3 is 0 Å². The first-order chi connectivity index (χ1) is 7.90. The van der Waals surface area contributed by atoms with Gasteiger partial charge in [-0.15, -0.1) is 0 Å². The topological polar surface area (TPSA) is 29.3 Å². The van der Waals surface area contributed by atoms with Crippen LogP contribution in [-0.4, -0.2) is 30.6 Å². The lowest BCUT2D eigenvalue weighted by Crippen LogP contribution is -2.42. The minimum absolute atomic E-state index is 0.810. The van der Waals surface area contributed by atoms with Crippen LogP contribution in [0.4, 0.5) is 0 Å². The third-order valence-electron chi connectivity index (χ3n) is 4.57. The highest BCUT2D eigenvalue weighted by Crippen LogP contribution is 2.25. The maximum atomic E-state index is 5.75. The molecule has 0 radical (unpaired) electrons. The molecule has 0 bridgehead atoms. The lowest BCUT2D eigenvalue weighted by atomic mass is 9.91. The number of hydrogen-bond donors (Lipinski definition) is 1. The van der Waals surface area contributed by atoms with Gasteiger partial charge in [-0.25, -0.2) is 0 Å². The molecule has 0 aromatic heterocycles. The molecule has 0 unspecified atom stereocenters. The van der Waals surface area contributed by atoms with Gasteiger partial charge in [0, 0.05) is 6.04 Å². The Hall–Kier alpha value is -0.0800. The number of rotatable bonds is 2. The average Bonchev–Trinajstić information content (AvgIpc) is 2.29. The van der Waals surface area contributed by atoms with Crippen molar-refractivity contribution < 1.29 is 0 Å². The molecule has 2 rings (SSSR count). The highest BCUT2D eigenvalue weighted by molar-refractivity contribution is 4.79. The van der Waals surface area contributed by atoms with E-state index in [1.807, 2.05) is 0 Å². The van der Waals surface area contributed by atoms with Crippen LogP contribution < -0.4 is 5.73 Å². The maximum absolute atomic E-state index is 5.75. The van der Waals surface area contributed by atoms with Gasteiger partial charge < -0.3 is 10.6 Å². The van der Waals surface area contributed by atoms with E-state index in [0.29, 0.717) is 0 Å². The van der Waals surface area contributed by atoms with Gasteiger partial charge in [-0.05, 0) is 51.2 Å². The second kappa shape index (κ2) is 6.61. The summed E-state index contributed by atoms with van der Waals surface area (Å²) in [5.41, 5.74) is 5.75. The maximum Gasteiger partial charge on any atom is 0.00952 e. The van der Waals surface area contributed by atoms with Crippen molar-refractivity contribution in [3.63, 3.8) is 0 Å². The van der Waals surface area contributed by atoms with Crippen LogP contribution in [0.5, 0.6) is 0 Å². The Labute approximate surface area is 101 Å². The Balaban J connectivity index is 1.77. The van der Waals surface area contributed by atoms with Crippen molar-refractivity contribution in [2.75, 3.05) is 19.6 Å². The van der Waals surface area contributed by atoms with E-state index >= 15 is 0 Å². The number of nitrogens with zero attached hydrogens (tertiary/aromatic N) is 1. The molecule has 16 heavy (non-hydrogen) atoms. The summed E-state index contributed by atoms with van der Waals surface area (Å²) in [5, 5.41) is 0. The van der Waals surface area contributed by atoms with Gasteiger partial charge in [-0.1, -0.05) is 32.1 Å². The van der Waals surface area contributed by atoms with Crippen molar-refractivity contribution in [2.24, 2.45) is 11.7 Å². The first-order valence-corrected chi connectivity index (χ1v) is 7.34. The van der Waals surface area contributed by atoms with E-state index in [0.717, 1.165) is 18.5 Å². The summed E-state index contributed by atoms with van der Waals surface area (Å²) >= 11 is 0. The van der Waals surface area contributed by atoms with Crippen molar-refractivity contribution >= 4 is 0 Å². The summed E-state index contributed by atoms with van der Waals surface area (Å²) in [4.78, 5) is 2.76. The molecule has 1 aliphatic carbocycles. The van der Waals surface area contributed by atoms with Gasteiger partial charge in [0.1, 0.15) is 0 Å². The highest BCUT2D eigenvalue weighted by Gasteiger charge is 2.24. The Morgan fingerprint density at radius 1 is 0.812 bits per heavy atom. The molecular formula is C14H28N2. The highest BCUT2D eigenvalue weighted by atomic mass is 15.2. The van der Waals surface area contributed by atoms with Crippen LogP contribution in [0, 0.1) is 5.92 Å². The molecule has 94 valence electrons. The minimum atomic E-state index is 0.810. The minimum Gasteiger partial charge on any atom is -0.330 e. The first kappa shape index (κ1) is 12.4. The molecule has 1 saturated carbocycles. The quantitative estimate of drug-likeness (QED) is 0.781. The van der Waals surface area contributed by atoms with Gasteiger partial charge in [0.25, 0.3) is 0 Å². The van der Waals surface area contributed by atoms with Crippen LogP contribution in [-0.2, 0) is 0 Å². The fourth-order valence-electron chi connectivity index (χ4n) is 3.35. The van der Waals surface area contributed by atoms with E-state index in [1.165, 1.54) is 70.9 Å². The van der Waals surface area contributed by atoms with Crippen LogP contribution in [0.1, 0.15) is 57.8 Å². The van der Waals surface area contributed by atoms with E-state index in [2.05, 4.69) is 4.90 Å². The molecule has 0 spiro atoms. The Bertz CT molecular complexity index is 177. The van der Waals surface area contributed by atoms with E-state index in [9.17, 15) is 0 Å². The Kier molecular flexibility index (Phi) is 5.11. The van der Waals surface area contributed by atoms with Crippen LogP contribution in [0.25, 0.3) is 0 Å². The van der Waals surface area contributed by atoms with Crippen LogP contribution in [0.15, 0.2) is 0 Å². The molecule has 2 fully saturated rings. The van der Waals surface area contributed by atoms with Gasteiger partial charge in [-0.3, -0.25) is 0 Å². The molecular weight excluding hydrogens is 196 g/mol. The second-order valence-corrected chi connectivity index (χ2v) is 5.71. The van der Waals surface area contributed by atoms with Crippen molar-refractivity contribution in [3.8, 4) is 0 Å². The smallest absolute Gasteiger partial charge is 0.00952 e. The predicted octanol–water partition coefficient (Wildman–Crippen LogP) is 2.77. The SMILES string of the molecule is NCC1CCN(C2CCCCCCC2)CC1.